The van der Waals surface area contributed by atoms with Crippen LogP contribution in [0.5, 0.6) is 0 Å². The SMILES string of the molecule is CCOC(=O)c1c(NC(=S)Nc2ccc(Cn3cccn3)cc2)sc2c1CCCC2. The second kappa shape index (κ2) is 9.40. The van der Waals surface area contributed by atoms with Gasteiger partial charge in [0.25, 0.3) is 0 Å². The molecule has 0 fully saturated rings. The number of carbonyl (C=O) groups excluding carboxylic acids is 1. The van der Waals surface area contributed by atoms with E-state index >= 15 is 0 Å². The highest BCUT2D eigenvalue weighted by atomic mass is 32.1. The van der Waals surface area contributed by atoms with Crippen LogP contribution in [0.4, 0.5) is 10.7 Å². The molecule has 0 saturated carbocycles. The smallest absolute Gasteiger partial charge is 0.341 e. The van der Waals surface area contributed by atoms with Crippen molar-refractivity contribution in [2.75, 3.05) is 17.2 Å². The Morgan fingerprint density at radius 3 is 2.77 bits per heavy atom. The van der Waals surface area contributed by atoms with E-state index in [2.05, 4.69) is 15.7 Å². The van der Waals surface area contributed by atoms with Crippen LogP contribution in [0.15, 0.2) is 42.7 Å². The molecule has 30 heavy (non-hydrogen) atoms. The lowest BCUT2D eigenvalue weighted by Crippen LogP contribution is -2.20. The first-order valence-corrected chi connectivity index (χ1v) is 11.3. The highest BCUT2D eigenvalue weighted by Gasteiger charge is 2.26. The Morgan fingerprint density at radius 2 is 2.03 bits per heavy atom. The van der Waals surface area contributed by atoms with Crippen LogP contribution in [0.2, 0.25) is 0 Å². The molecule has 0 saturated heterocycles. The summed E-state index contributed by atoms with van der Waals surface area (Å²) in [7, 11) is 0. The van der Waals surface area contributed by atoms with Crippen molar-refractivity contribution in [2.45, 2.75) is 39.2 Å². The van der Waals surface area contributed by atoms with Crippen LogP contribution in [0, 0.1) is 0 Å². The number of fused-ring (bicyclic) bond motifs is 1. The van der Waals surface area contributed by atoms with E-state index in [1.165, 1.54) is 4.88 Å². The van der Waals surface area contributed by atoms with E-state index in [1.807, 2.05) is 48.1 Å². The second-order valence-corrected chi connectivity index (χ2v) is 8.63. The molecule has 2 aromatic heterocycles. The molecular weight excluding hydrogens is 416 g/mol. The van der Waals surface area contributed by atoms with Gasteiger partial charge in [0, 0.05) is 23.0 Å². The van der Waals surface area contributed by atoms with Gasteiger partial charge in [-0.2, -0.15) is 5.10 Å². The molecule has 0 radical (unpaired) electrons. The maximum Gasteiger partial charge on any atom is 0.341 e. The van der Waals surface area contributed by atoms with Gasteiger partial charge in [-0.1, -0.05) is 12.1 Å². The average molecular weight is 441 g/mol. The van der Waals surface area contributed by atoms with Crippen LogP contribution < -0.4 is 10.6 Å². The van der Waals surface area contributed by atoms with Crippen molar-refractivity contribution in [2.24, 2.45) is 0 Å². The summed E-state index contributed by atoms with van der Waals surface area (Å²) in [5.41, 5.74) is 3.81. The van der Waals surface area contributed by atoms with E-state index in [0.717, 1.165) is 54.0 Å². The van der Waals surface area contributed by atoms with Crippen molar-refractivity contribution >= 4 is 45.3 Å². The number of hydrogen-bond donors (Lipinski definition) is 2. The van der Waals surface area contributed by atoms with Gasteiger partial charge in [0.15, 0.2) is 5.11 Å². The molecule has 2 heterocycles. The Labute approximate surface area is 185 Å². The summed E-state index contributed by atoms with van der Waals surface area (Å²) in [6, 6.07) is 9.96. The molecule has 1 aliphatic carbocycles. The predicted octanol–water partition coefficient (Wildman–Crippen LogP) is 4.86. The van der Waals surface area contributed by atoms with Crippen LogP contribution in [0.3, 0.4) is 0 Å². The van der Waals surface area contributed by atoms with Crippen molar-refractivity contribution in [3.05, 3.63) is 64.3 Å². The minimum Gasteiger partial charge on any atom is -0.462 e. The van der Waals surface area contributed by atoms with Crippen LogP contribution in [-0.2, 0) is 24.1 Å². The van der Waals surface area contributed by atoms with Gasteiger partial charge < -0.3 is 15.4 Å². The van der Waals surface area contributed by atoms with Gasteiger partial charge in [0.2, 0.25) is 0 Å². The molecule has 0 aliphatic heterocycles. The molecule has 4 rings (SSSR count). The molecule has 0 unspecified atom stereocenters. The molecule has 0 amide bonds. The molecule has 0 bridgehead atoms. The van der Waals surface area contributed by atoms with Crippen molar-refractivity contribution in [3.63, 3.8) is 0 Å². The summed E-state index contributed by atoms with van der Waals surface area (Å²) in [5.74, 6) is -0.273. The van der Waals surface area contributed by atoms with E-state index in [-0.39, 0.29) is 5.97 Å². The number of aromatic nitrogens is 2. The lowest BCUT2D eigenvalue weighted by molar-refractivity contribution is 0.0526. The van der Waals surface area contributed by atoms with Gasteiger partial charge in [-0.15, -0.1) is 11.3 Å². The number of nitrogens with zero attached hydrogens (tertiary/aromatic N) is 2. The first-order valence-electron chi connectivity index (χ1n) is 10.1. The number of aryl methyl sites for hydroxylation is 1. The third kappa shape index (κ3) is 4.71. The minimum absolute atomic E-state index is 0.273. The van der Waals surface area contributed by atoms with Gasteiger partial charge in [0.1, 0.15) is 5.00 Å². The highest BCUT2D eigenvalue weighted by molar-refractivity contribution is 7.80. The summed E-state index contributed by atoms with van der Waals surface area (Å²) < 4.78 is 7.19. The molecule has 1 aromatic carbocycles. The standard InChI is InChI=1S/C22H24N4O2S2/c1-2-28-21(27)19-17-6-3-4-7-18(17)30-20(19)25-22(29)24-16-10-8-15(9-11-16)14-26-13-5-12-23-26/h5,8-13H,2-4,6-7,14H2,1H3,(H2,24,25,29). The summed E-state index contributed by atoms with van der Waals surface area (Å²) >= 11 is 7.12. The number of ether oxygens (including phenoxy) is 1. The quantitative estimate of drug-likeness (QED) is 0.422. The summed E-state index contributed by atoms with van der Waals surface area (Å²) in [4.78, 5) is 13.8. The van der Waals surface area contributed by atoms with Gasteiger partial charge in [-0.05, 0) is 74.2 Å². The number of benzene rings is 1. The van der Waals surface area contributed by atoms with E-state index in [0.29, 0.717) is 17.3 Å². The number of thiocarbonyl (C=S) groups is 1. The molecule has 0 atom stereocenters. The fourth-order valence-corrected chi connectivity index (χ4v) is 5.18. The first-order chi connectivity index (χ1) is 14.6. The predicted molar refractivity (Wildman–Crippen MR) is 125 cm³/mol. The van der Waals surface area contributed by atoms with E-state index in [4.69, 9.17) is 17.0 Å². The third-order valence-corrected chi connectivity index (χ3v) is 6.40. The monoisotopic (exact) mass is 440 g/mol. The van der Waals surface area contributed by atoms with E-state index < -0.39 is 0 Å². The normalized spacial score (nSPS) is 12.8. The Bertz CT molecular complexity index is 1030. The number of anilines is 2. The van der Waals surface area contributed by atoms with Gasteiger partial charge in [0.05, 0.1) is 18.7 Å². The summed E-state index contributed by atoms with van der Waals surface area (Å²) in [5, 5.41) is 11.9. The number of hydrogen-bond acceptors (Lipinski definition) is 5. The minimum atomic E-state index is -0.273. The topological polar surface area (TPSA) is 68.2 Å². The molecule has 6 nitrogen and oxygen atoms in total. The molecule has 156 valence electrons. The maximum absolute atomic E-state index is 12.6. The zero-order valence-corrected chi connectivity index (χ0v) is 18.4. The summed E-state index contributed by atoms with van der Waals surface area (Å²) in [6.07, 6.45) is 7.89. The third-order valence-electron chi connectivity index (χ3n) is 4.99. The molecule has 1 aliphatic rings. The van der Waals surface area contributed by atoms with E-state index in [9.17, 15) is 4.79 Å². The largest absolute Gasteiger partial charge is 0.462 e. The van der Waals surface area contributed by atoms with E-state index in [1.54, 1.807) is 17.5 Å². The molecule has 2 N–H and O–H groups in total. The molecule has 0 spiro atoms. The zero-order chi connectivity index (χ0) is 20.9. The number of thiophene rings is 1. The molecule has 8 heteroatoms. The van der Waals surface area contributed by atoms with Crippen molar-refractivity contribution in [1.29, 1.82) is 0 Å². The lowest BCUT2D eigenvalue weighted by Gasteiger charge is -2.13. The van der Waals surface area contributed by atoms with Crippen molar-refractivity contribution < 1.29 is 9.53 Å². The summed E-state index contributed by atoms with van der Waals surface area (Å²) in [6.45, 7) is 2.90. The highest BCUT2D eigenvalue weighted by Crippen LogP contribution is 2.38. The number of nitrogens with one attached hydrogen (secondary N) is 2. The van der Waals surface area contributed by atoms with Gasteiger partial charge in [-0.3, -0.25) is 4.68 Å². The molecular formula is C22H24N4O2S2. The number of carbonyl (C=O) groups is 1. The fraction of sp³-hybridized carbons (Fsp3) is 0.318. The van der Waals surface area contributed by atoms with Crippen LogP contribution >= 0.6 is 23.6 Å². The zero-order valence-electron chi connectivity index (χ0n) is 16.8. The second-order valence-electron chi connectivity index (χ2n) is 7.12. The number of esters is 1. The fourth-order valence-electron chi connectivity index (χ4n) is 3.61. The molecule has 3 aromatic rings. The van der Waals surface area contributed by atoms with Crippen molar-refractivity contribution in [1.82, 2.24) is 9.78 Å². The van der Waals surface area contributed by atoms with Gasteiger partial charge in [-0.25, -0.2) is 4.79 Å². The first kappa shape index (κ1) is 20.6. The average Bonchev–Trinajstić information content (AvgIpc) is 3.36. The van der Waals surface area contributed by atoms with Crippen LogP contribution in [-0.4, -0.2) is 27.5 Å². The lowest BCUT2D eigenvalue weighted by atomic mass is 9.95. The number of rotatable bonds is 6. The van der Waals surface area contributed by atoms with Crippen molar-refractivity contribution in [3.8, 4) is 0 Å². The maximum atomic E-state index is 12.6. The van der Waals surface area contributed by atoms with Gasteiger partial charge >= 0.3 is 5.97 Å². The van der Waals surface area contributed by atoms with Crippen LogP contribution in [0.1, 0.15) is 46.1 Å². The Kier molecular flexibility index (Phi) is 6.44. The Balaban J connectivity index is 1.45. The van der Waals surface area contributed by atoms with Crippen LogP contribution in [0.25, 0.3) is 0 Å². The Hall–Kier alpha value is -2.71. The Morgan fingerprint density at radius 1 is 1.23 bits per heavy atom.